The standard InChI is InChI=1S/C8H7N2/c1-3-7-4-2-6-10-8(7)9-5-1/h1-3,5H,4H2,(H,9,10). The van der Waals surface area contributed by atoms with Crippen molar-refractivity contribution in [3.8, 4) is 0 Å². The molecule has 0 aliphatic carbocycles. The summed E-state index contributed by atoms with van der Waals surface area (Å²) in [4.78, 5) is 4.13. The minimum atomic E-state index is 0.935. The molecular weight excluding hydrogens is 124 g/mol. The Morgan fingerprint density at radius 3 is 3.50 bits per heavy atom. The van der Waals surface area contributed by atoms with Gasteiger partial charge in [0.2, 0.25) is 0 Å². The quantitative estimate of drug-likeness (QED) is 0.575. The van der Waals surface area contributed by atoms with Crippen molar-refractivity contribution < 1.29 is 0 Å². The summed E-state index contributed by atoms with van der Waals surface area (Å²) in [5, 5.41) is 2.95. The molecule has 1 aromatic rings. The molecule has 0 atom stereocenters. The third-order valence-electron chi connectivity index (χ3n) is 1.51. The lowest BCUT2D eigenvalue weighted by Gasteiger charge is -2.08. The van der Waals surface area contributed by atoms with E-state index in [2.05, 4.69) is 22.6 Å². The monoisotopic (exact) mass is 131 g/mol. The van der Waals surface area contributed by atoms with Gasteiger partial charge in [0.15, 0.2) is 0 Å². The number of aromatic nitrogens is 1. The van der Waals surface area contributed by atoms with Gasteiger partial charge in [-0.15, -0.1) is 0 Å². The number of pyridine rings is 1. The minimum absolute atomic E-state index is 0.935. The van der Waals surface area contributed by atoms with Crippen molar-refractivity contribution in [1.29, 1.82) is 0 Å². The normalized spacial score (nSPS) is 14.0. The van der Waals surface area contributed by atoms with Crippen molar-refractivity contribution in [3.63, 3.8) is 0 Å². The first-order chi connectivity index (χ1) is 4.97. The van der Waals surface area contributed by atoms with Crippen molar-refractivity contribution in [2.75, 3.05) is 5.32 Å². The van der Waals surface area contributed by atoms with Crippen molar-refractivity contribution in [2.45, 2.75) is 6.42 Å². The fourth-order valence-electron chi connectivity index (χ4n) is 0.996. The summed E-state index contributed by atoms with van der Waals surface area (Å²) in [6.45, 7) is 0. The maximum Gasteiger partial charge on any atom is 0.133 e. The van der Waals surface area contributed by atoms with Crippen LogP contribution in [0.15, 0.2) is 24.4 Å². The molecule has 10 heavy (non-hydrogen) atoms. The van der Waals surface area contributed by atoms with Crippen LogP contribution in [0.25, 0.3) is 0 Å². The van der Waals surface area contributed by atoms with Crippen molar-refractivity contribution in [3.05, 3.63) is 36.2 Å². The van der Waals surface area contributed by atoms with E-state index in [0.717, 1.165) is 12.2 Å². The van der Waals surface area contributed by atoms with Crippen LogP contribution in [0.3, 0.4) is 0 Å². The summed E-state index contributed by atoms with van der Waals surface area (Å²) in [7, 11) is 0. The Morgan fingerprint density at radius 2 is 2.60 bits per heavy atom. The fraction of sp³-hybridized carbons (Fsp3) is 0.125. The molecular formula is C8H7N2. The first-order valence-corrected chi connectivity index (χ1v) is 3.24. The zero-order valence-corrected chi connectivity index (χ0v) is 5.46. The summed E-state index contributed by atoms with van der Waals surface area (Å²) in [5.41, 5.74) is 1.24. The summed E-state index contributed by atoms with van der Waals surface area (Å²) < 4.78 is 0. The van der Waals surface area contributed by atoms with Crippen LogP contribution in [-0.4, -0.2) is 4.98 Å². The molecule has 49 valence electrons. The molecule has 1 radical (unpaired) electrons. The summed E-state index contributed by atoms with van der Waals surface area (Å²) in [5.74, 6) is 0.935. The molecule has 2 rings (SSSR count). The number of nitrogens with one attached hydrogen (secondary N) is 1. The van der Waals surface area contributed by atoms with Gasteiger partial charge in [-0.25, -0.2) is 4.98 Å². The van der Waals surface area contributed by atoms with Crippen LogP contribution in [0.1, 0.15) is 5.56 Å². The number of nitrogens with zero attached hydrogens (tertiary/aromatic N) is 1. The molecule has 2 heteroatoms. The van der Waals surface area contributed by atoms with E-state index >= 15 is 0 Å². The Morgan fingerprint density at radius 1 is 1.60 bits per heavy atom. The lowest BCUT2D eigenvalue weighted by atomic mass is 10.1. The van der Waals surface area contributed by atoms with Crippen molar-refractivity contribution in [2.24, 2.45) is 0 Å². The number of hydrogen-bond acceptors (Lipinski definition) is 2. The first-order valence-electron chi connectivity index (χ1n) is 3.24. The molecule has 0 aromatic carbocycles. The van der Waals surface area contributed by atoms with Crippen LogP contribution in [0.4, 0.5) is 5.82 Å². The molecule has 1 aliphatic heterocycles. The van der Waals surface area contributed by atoms with Gasteiger partial charge in [-0.3, -0.25) is 0 Å². The van der Waals surface area contributed by atoms with E-state index in [-0.39, 0.29) is 0 Å². The molecule has 2 heterocycles. The van der Waals surface area contributed by atoms with Crippen molar-refractivity contribution in [1.82, 2.24) is 4.98 Å². The van der Waals surface area contributed by atoms with Crippen molar-refractivity contribution >= 4 is 5.82 Å². The smallest absolute Gasteiger partial charge is 0.133 e. The van der Waals surface area contributed by atoms with E-state index in [4.69, 9.17) is 0 Å². The van der Waals surface area contributed by atoms with Gasteiger partial charge in [0.05, 0.1) is 6.20 Å². The molecule has 0 unspecified atom stereocenters. The molecule has 1 aliphatic rings. The van der Waals surface area contributed by atoms with Gasteiger partial charge in [0, 0.05) is 6.20 Å². The largest absolute Gasteiger partial charge is 0.339 e. The maximum absolute atomic E-state index is 4.13. The van der Waals surface area contributed by atoms with E-state index in [1.54, 1.807) is 6.20 Å². The molecule has 0 bridgehead atoms. The molecule has 1 N–H and O–H groups in total. The van der Waals surface area contributed by atoms with Gasteiger partial charge in [0.25, 0.3) is 0 Å². The van der Waals surface area contributed by atoms with Crippen LogP contribution >= 0.6 is 0 Å². The minimum Gasteiger partial charge on any atom is -0.339 e. The number of allylic oxidation sites excluding steroid dienone is 1. The number of hydrogen-bond donors (Lipinski definition) is 1. The molecule has 0 saturated heterocycles. The van der Waals surface area contributed by atoms with Gasteiger partial charge in [-0.1, -0.05) is 12.1 Å². The Kier molecular flexibility index (Phi) is 1.17. The van der Waals surface area contributed by atoms with Gasteiger partial charge >= 0.3 is 0 Å². The molecule has 1 aromatic heterocycles. The van der Waals surface area contributed by atoms with Gasteiger partial charge < -0.3 is 5.32 Å². The van der Waals surface area contributed by atoms with Crippen LogP contribution < -0.4 is 5.32 Å². The van der Waals surface area contributed by atoms with Crippen LogP contribution in [-0.2, 0) is 6.42 Å². The highest BCUT2D eigenvalue weighted by Crippen LogP contribution is 2.14. The molecule has 0 spiro atoms. The van der Waals surface area contributed by atoms with E-state index in [0.29, 0.717) is 0 Å². The van der Waals surface area contributed by atoms with Gasteiger partial charge in [0.1, 0.15) is 5.82 Å². The predicted molar refractivity (Wildman–Crippen MR) is 39.4 cm³/mol. The average molecular weight is 131 g/mol. The zero-order chi connectivity index (χ0) is 6.81. The van der Waals surface area contributed by atoms with E-state index < -0.39 is 0 Å². The van der Waals surface area contributed by atoms with Gasteiger partial charge in [-0.05, 0) is 18.1 Å². The lowest BCUT2D eigenvalue weighted by molar-refractivity contribution is 1.14. The molecule has 0 saturated carbocycles. The lowest BCUT2D eigenvalue weighted by Crippen LogP contribution is -2.01. The summed E-state index contributed by atoms with van der Waals surface area (Å²) in [6.07, 6.45) is 7.58. The first kappa shape index (κ1) is 5.47. The van der Waals surface area contributed by atoms with Crippen LogP contribution in [0, 0.1) is 6.20 Å². The summed E-state index contributed by atoms with van der Waals surface area (Å²) >= 11 is 0. The SMILES string of the molecule is [C]1=CCc2cccnc2N1. The van der Waals surface area contributed by atoms with E-state index in [9.17, 15) is 0 Å². The second-order valence-corrected chi connectivity index (χ2v) is 2.19. The second kappa shape index (κ2) is 2.14. The summed E-state index contributed by atoms with van der Waals surface area (Å²) in [6, 6.07) is 4.01. The molecule has 0 amide bonds. The Hall–Kier alpha value is -1.31. The highest BCUT2D eigenvalue weighted by molar-refractivity contribution is 5.47. The Labute approximate surface area is 59.6 Å². The Bertz CT molecular complexity index is 239. The topological polar surface area (TPSA) is 24.9 Å². The predicted octanol–water partition coefficient (Wildman–Crippen LogP) is 1.37. The number of fused-ring (bicyclic) bond motifs is 1. The molecule has 2 nitrogen and oxygen atoms in total. The Balaban J connectivity index is 2.47. The molecule has 0 fully saturated rings. The maximum atomic E-state index is 4.13. The van der Waals surface area contributed by atoms with Crippen LogP contribution in [0.2, 0.25) is 0 Å². The van der Waals surface area contributed by atoms with Crippen LogP contribution in [0.5, 0.6) is 0 Å². The highest BCUT2D eigenvalue weighted by Gasteiger charge is 2.02. The number of anilines is 1. The van der Waals surface area contributed by atoms with Gasteiger partial charge in [-0.2, -0.15) is 0 Å². The van der Waals surface area contributed by atoms with E-state index in [1.807, 2.05) is 12.1 Å². The number of rotatable bonds is 0. The fourth-order valence-corrected chi connectivity index (χ4v) is 0.996. The second-order valence-electron chi connectivity index (χ2n) is 2.19. The third kappa shape index (κ3) is 0.778. The average Bonchev–Trinajstić information content (AvgIpc) is 2.05. The van der Waals surface area contributed by atoms with E-state index in [1.165, 1.54) is 5.56 Å². The zero-order valence-electron chi connectivity index (χ0n) is 5.46. The third-order valence-corrected chi connectivity index (χ3v) is 1.51. The highest BCUT2D eigenvalue weighted by atomic mass is 15.0.